The van der Waals surface area contributed by atoms with Gasteiger partial charge < -0.3 is 10.1 Å². The van der Waals surface area contributed by atoms with Gasteiger partial charge in [0.1, 0.15) is 0 Å². The summed E-state index contributed by atoms with van der Waals surface area (Å²) >= 11 is 0. The summed E-state index contributed by atoms with van der Waals surface area (Å²) in [7, 11) is 0. The molecule has 0 spiro atoms. The zero-order valence-corrected chi connectivity index (χ0v) is 27.5. The molecular weight excluding hydrogens is 671 g/mol. The van der Waals surface area contributed by atoms with Crippen LogP contribution in [0.1, 0.15) is 95.8 Å². The Kier molecular flexibility index (Phi) is 11.3. The van der Waals surface area contributed by atoms with E-state index in [0.29, 0.717) is 30.1 Å². The monoisotopic (exact) mass is 717 g/mol. The summed E-state index contributed by atoms with van der Waals surface area (Å²) in [5, 5.41) is 11.9. The Labute approximate surface area is 255 Å². The zero-order chi connectivity index (χ0) is 28.2. The number of fused-ring (bicyclic) bond motifs is 4. The SMILES string of the molecule is CC(C)CC(=O)/C=C(\O)CC(C)C.Cc1[c-]c(-c2nccc3cc(C45CCC(CC4)CC5)ccc23)cc(C)c1.[Ir]. The maximum absolute atomic E-state index is 11.2. The van der Waals surface area contributed by atoms with E-state index in [0.717, 1.165) is 17.2 Å². The van der Waals surface area contributed by atoms with Crippen molar-refractivity contribution >= 4 is 16.6 Å². The number of allylic oxidation sites excluding steroid dienone is 2. The van der Waals surface area contributed by atoms with Crippen molar-refractivity contribution in [3.63, 3.8) is 0 Å². The molecule has 0 atom stereocenters. The molecule has 3 saturated carbocycles. The Morgan fingerprint density at radius 3 is 2.25 bits per heavy atom. The van der Waals surface area contributed by atoms with Gasteiger partial charge in [0.25, 0.3) is 0 Å². The van der Waals surface area contributed by atoms with Gasteiger partial charge >= 0.3 is 0 Å². The van der Waals surface area contributed by atoms with Crippen LogP contribution in [0.2, 0.25) is 0 Å². The molecule has 1 heterocycles. The summed E-state index contributed by atoms with van der Waals surface area (Å²) in [5.41, 5.74) is 6.61. The van der Waals surface area contributed by atoms with Crippen LogP contribution in [0, 0.1) is 37.7 Å². The first-order valence-corrected chi connectivity index (χ1v) is 14.9. The first kappa shape index (κ1) is 32.2. The van der Waals surface area contributed by atoms with E-state index in [1.54, 1.807) is 5.56 Å². The largest absolute Gasteiger partial charge is 0.512 e. The molecule has 3 fully saturated rings. The van der Waals surface area contributed by atoms with Gasteiger partial charge in [-0.15, -0.1) is 34.9 Å². The first-order valence-electron chi connectivity index (χ1n) is 14.9. The zero-order valence-electron chi connectivity index (χ0n) is 25.1. The fourth-order valence-electron chi connectivity index (χ4n) is 6.55. The van der Waals surface area contributed by atoms with Gasteiger partial charge in [-0.25, -0.2) is 0 Å². The number of pyridine rings is 1. The second kappa shape index (κ2) is 14.1. The number of benzene rings is 2. The summed E-state index contributed by atoms with van der Waals surface area (Å²) in [4.78, 5) is 15.9. The summed E-state index contributed by atoms with van der Waals surface area (Å²) in [6, 6.07) is 17.2. The van der Waals surface area contributed by atoms with Crippen molar-refractivity contribution in [2.24, 2.45) is 17.8 Å². The number of nitrogens with zero attached hydrogens (tertiary/aromatic N) is 1. The molecule has 0 saturated heterocycles. The molecule has 3 nitrogen and oxygen atoms in total. The standard InChI is InChI=1S/C25H26N.C11H20O2.Ir/c1-17-13-18(2)15-21(14-17)24-23-4-3-22(16-20(23)8-12-26-24)25-9-5-19(6-10-25)7-11-25;1-8(2)5-10(12)7-11(13)6-9(3)4;/h3-4,8,12-14,16,19H,5-7,9-11H2,1-2H3;7-9,12H,5-6H2,1-4H3;/q-1;;/b;10-7-;. The van der Waals surface area contributed by atoms with Crippen molar-refractivity contribution in [1.29, 1.82) is 0 Å². The number of aryl methyl sites for hydroxylation is 2. The molecule has 0 aliphatic heterocycles. The van der Waals surface area contributed by atoms with Gasteiger partial charge in [0.15, 0.2) is 5.78 Å². The first-order chi connectivity index (χ1) is 18.5. The van der Waals surface area contributed by atoms with Crippen LogP contribution in [0.3, 0.4) is 0 Å². The van der Waals surface area contributed by atoms with Gasteiger partial charge in [-0.3, -0.25) is 4.79 Å². The van der Waals surface area contributed by atoms with E-state index in [-0.39, 0.29) is 31.6 Å². The Morgan fingerprint density at radius 2 is 1.65 bits per heavy atom. The Balaban J connectivity index is 0.000000272. The average molecular weight is 717 g/mol. The Bertz CT molecular complexity index is 1300. The molecule has 4 heteroatoms. The average Bonchev–Trinajstić information content (AvgIpc) is 2.88. The molecule has 1 radical (unpaired) electrons. The topological polar surface area (TPSA) is 50.2 Å². The molecule has 40 heavy (non-hydrogen) atoms. The van der Waals surface area contributed by atoms with E-state index in [2.05, 4.69) is 56.3 Å². The number of aromatic nitrogens is 1. The molecule has 2 bridgehead atoms. The van der Waals surface area contributed by atoms with E-state index in [9.17, 15) is 9.90 Å². The quantitative estimate of drug-likeness (QED) is 0.151. The van der Waals surface area contributed by atoms with Crippen molar-refractivity contribution in [3.05, 3.63) is 77.2 Å². The van der Waals surface area contributed by atoms with Gasteiger partial charge in [0.05, 0.1) is 5.76 Å². The minimum atomic E-state index is 0. The number of carbonyl (C=O) groups excluding carboxylic acids is 1. The summed E-state index contributed by atoms with van der Waals surface area (Å²) < 4.78 is 0. The second-order valence-electron chi connectivity index (χ2n) is 12.9. The minimum Gasteiger partial charge on any atom is -0.512 e. The van der Waals surface area contributed by atoms with Crippen molar-refractivity contribution < 1.29 is 30.0 Å². The van der Waals surface area contributed by atoms with Crippen LogP contribution in [0.4, 0.5) is 0 Å². The van der Waals surface area contributed by atoms with Gasteiger partial charge in [-0.1, -0.05) is 59.7 Å². The predicted octanol–water partition coefficient (Wildman–Crippen LogP) is 9.63. The Morgan fingerprint density at radius 1 is 1.00 bits per heavy atom. The van der Waals surface area contributed by atoms with E-state index in [4.69, 9.17) is 4.98 Å². The molecule has 3 aliphatic rings. The summed E-state index contributed by atoms with van der Waals surface area (Å²) in [6.45, 7) is 12.3. The van der Waals surface area contributed by atoms with Crippen molar-refractivity contribution in [2.45, 2.75) is 98.3 Å². The van der Waals surface area contributed by atoms with E-state index in [1.807, 2.05) is 33.9 Å². The van der Waals surface area contributed by atoms with Crippen LogP contribution >= 0.6 is 0 Å². The summed E-state index contributed by atoms with van der Waals surface area (Å²) in [6.07, 6.45) is 12.9. The molecule has 0 amide bonds. The Hall–Kier alpha value is -2.29. The molecule has 0 unspecified atom stereocenters. The number of hydrogen-bond acceptors (Lipinski definition) is 3. The number of aliphatic hydroxyl groups is 1. The molecule has 1 aromatic heterocycles. The number of aliphatic hydroxyl groups excluding tert-OH is 1. The maximum atomic E-state index is 11.2. The third kappa shape index (κ3) is 8.14. The van der Waals surface area contributed by atoms with Crippen LogP contribution in [-0.4, -0.2) is 15.9 Å². The van der Waals surface area contributed by atoms with E-state index < -0.39 is 0 Å². The van der Waals surface area contributed by atoms with E-state index >= 15 is 0 Å². The normalized spacial score (nSPS) is 20.3. The molecule has 3 aromatic rings. The fraction of sp³-hybridized carbons (Fsp3) is 0.500. The van der Waals surface area contributed by atoms with Crippen LogP contribution in [-0.2, 0) is 30.3 Å². The third-order valence-electron chi connectivity index (χ3n) is 8.43. The maximum Gasteiger partial charge on any atom is 0.159 e. The van der Waals surface area contributed by atoms with Crippen molar-refractivity contribution in [1.82, 2.24) is 4.98 Å². The number of hydrogen-bond donors (Lipinski definition) is 1. The molecule has 217 valence electrons. The van der Waals surface area contributed by atoms with Crippen LogP contribution in [0.25, 0.3) is 22.0 Å². The predicted molar refractivity (Wildman–Crippen MR) is 163 cm³/mol. The smallest absolute Gasteiger partial charge is 0.159 e. The number of carbonyl (C=O) groups is 1. The van der Waals surface area contributed by atoms with Crippen molar-refractivity contribution in [2.75, 3.05) is 0 Å². The molecular formula is C36H46IrNO2-. The molecule has 1 N–H and O–H groups in total. The summed E-state index contributed by atoms with van der Waals surface area (Å²) in [5.74, 6) is 1.99. The van der Waals surface area contributed by atoms with Gasteiger partial charge in [0.2, 0.25) is 0 Å². The molecule has 3 aliphatic carbocycles. The van der Waals surface area contributed by atoms with Crippen LogP contribution in [0.5, 0.6) is 0 Å². The van der Waals surface area contributed by atoms with Gasteiger partial charge in [-0.2, -0.15) is 0 Å². The third-order valence-corrected chi connectivity index (χ3v) is 8.43. The van der Waals surface area contributed by atoms with Crippen LogP contribution < -0.4 is 0 Å². The molecule has 2 aromatic carbocycles. The van der Waals surface area contributed by atoms with Crippen molar-refractivity contribution in [3.8, 4) is 11.3 Å². The second-order valence-corrected chi connectivity index (χ2v) is 12.9. The van der Waals surface area contributed by atoms with Gasteiger partial charge in [0, 0.05) is 45.2 Å². The fourth-order valence-corrected chi connectivity index (χ4v) is 6.55. The van der Waals surface area contributed by atoms with E-state index in [1.165, 1.54) is 66.5 Å². The van der Waals surface area contributed by atoms with Gasteiger partial charge in [-0.05, 0) is 89.8 Å². The number of rotatable bonds is 7. The molecule has 6 rings (SSSR count). The number of ketones is 1. The van der Waals surface area contributed by atoms with Crippen LogP contribution in [0.15, 0.2) is 54.4 Å². The minimum absolute atomic E-state index is 0.